The van der Waals surface area contributed by atoms with Crippen molar-refractivity contribution in [2.75, 3.05) is 18.4 Å². The molecule has 41 heavy (non-hydrogen) atoms. The van der Waals surface area contributed by atoms with Gasteiger partial charge in [0.05, 0.1) is 11.3 Å². The number of benzene rings is 2. The molecule has 0 spiro atoms. The number of hydrogen-bond acceptors (Lipinski definition) is 9. The van der Waals surface area contributed by atoms with Gasteiger partial charge in [0, 0.05) is 43.6 Å². The number of carbonyl (C=O) groups excluding carboxylic acids is 3. The third kappa shape index (κ3) is 4.38. The molecule has 1 heterocycles. The number of piperidine rings is 1. The topological polar surface area (TPSA) is 173 Å². The molecule has 3 atom stereocenters. The van der Waals surface area contributed by atoms with Crippen molar-refractivity contribution in [1.29, 1.82) is 0 Å². The lowest BCUT2D eigenvalue weighted by molar-refractivity contribution is -0.144. The van der Waals surface area contributed by atoms with Crippen LogP contribution in [0, 0.1) is 11.8 Å². The highest BCUT2D eigenvalue weighted by molar-refractivity contribution is 6.24. The predicted molar refractivity (Wildman–Crippen MR) is 149 cm³/mol. The molecule has 0 radical (unpaired) electrons. The van der Waals surface area contributed by atoms with E-state index in [1.165, 1.54) is 5.56 Å². The molecule has 214 valence electrons. The maximum Gasteiger partial charge on any atom is 0.255 e. The number of amides is 1. The molecule has 4 aliphatic rings. The van der Waals surface area contributed by atoms with Gasteiger partial charge in [-0.05, 0) is 48.8 Å². The summed E-state index contributed by atoms with van der Waals surface area (Å²) in [4.78, 5) is 41.1. The van der Waals surface area contributed by atoms with Gasteiger partial charge in [0.25, 0.3) is 5.91 Å². The van der Waals surface area contributed by atoms with Crippen LogP contribution in [0.5, 0.6) is 5.75 Å². The van der Waals surface area contributed by atoms with Crippen molar-refractivity contribution in [3.05, 3.63) is 81.8 Å². The minimum absolute atomic E-state index is 0.0214. The van der Waals surface area contributed by atoms with Crippen molar-refractivity contribution < 1.29 is 34.8 Å². The molecule has 1 saturated heterocycles. The molecule has 0 unspecified atom stereocenters. The Hall–Kier alpha value is -4.15. The first-order chi connectivity index (χ1) is 19.6. The summed E-state index contributed by atoms with van der Waals surface area (Å²) < 4.78 is 0. The highest BCUT2D eigenvalue weighted by atomic mass is 16.3. The number of allylic oxidation sites excluding steroid dienone is 2. The van der Waals surface area contributed by atoms with E-state index in [2.05, 4.69) is 22.3 Å². The van der Waals surface area contributed by atoms with E-state index in [1.54, 1.807) is 12.1 Å². The molecule has 1 amide bonds. The lowest BCUT2D eigenvalue weighted by atomic mass is 9.60. The van der Waals surface area contributed by atoms with Gasteiger partial charge in [-0.3, -0.25) is 19.3 Å². The van der Waals surface area contributed by atoms with E-state index in [1.807, 2.05) is 18.2 Å². The van der Waals surface area contributed by atoms with E-state index in [0.29, 0.717) is 17.7 Å². The first kappa shape index (κ1) is 27.0. The number of nitrogens with zero attached hydrogens (tertiary/aromatic N) is 1. The van der Waals surface area contributed by atoms with Crippen molar-refractivity contribution in [3.63, 3.8) is 0 Å². The van der Waals surface area contributed by atoms with E-state index in [9.17, 15) is 34.8 Å². The normalized spacial score (nSPS) is 26.9. The number of aliphatic hydroxyl groups excluding tert-OH is 2. The summed E-state index contributed by atoms with van der Waals surface area (Å²) in [5.74, 6) is -6.21. The lowest BCUT2D eigenvalue weighted by Crippen LogP contribution is -2.57. The Balaban J connectivity index is 1.24. The first-order valence-electron chi connectivity index (χ1n) is 13.9. The van der Waals surface area contributed by atoms with Crippen LogP contribution in [-0.2, 0) is 22.6 Å². The minimum atomic E-state index is -2.56. The molecule has 0 bridgehead atoms. The number of hydrogen-bond donors (Lipinski definition) is 6. The Kier molecular flexibility index (Phi) is 6.62. The highest BCUT2D eigenvalue weighted by Crippen LogP contribution is 2.51. The molecule has 1 fully saturated rings. The Morgan fingerprint density at radius 1 is 1.02 bits per heavy atom. The lowest BCUT2D eigenvalue weighted by Gasteiger charge is -2.45. The van der Waals surface area contributed by atoms with Gasteiger partial charge in [-0.1, -0.05) is 36.4 Å². The second-order valence-corrected chi connectivity index (χ2v) is 11.6. The summed E-state index contributed by atoms with van der Waals surface area (Å²) in [6.07, 6.45) is 1.87. The number of rotatable bonds is 5. The zero-order valence-electron chi connectivity index (χ0n) is 22.5. The monoisotopic (exact) mass is 559 g/mol. The van der Waals surface area contributed by atoms with Crippen LogP contribution in [-0.4, -0.2) is 67.5 Å². The molecular formula is C31H33N3O7. The molecule has 6 rings (SSSR count). The van der Waals surface area contributed by atoms with Crippen LogP contribution in [0.2, 0.25) is 0 Å². The SMILES string of the molecule is NC(=O)C1=C(O)C[C@@H]2C[C@@H]3Cc4ccc(NC5CCN(Cc6ccccc6)CC5)c(O)c4C(=O)C3=C(O)[C@]2(O)C1=O. The van der Waals surface area contributed by atoms with Crippen LogP contribution < -0.4 is 11.1 Å². The van der Waals surface area contributed by atoms with Gasteiger partial charge in [0.15, 0.2) is 11.4 Å². The van der Waals surface area contributed by atoms with Crippen LogP contribution in [0.15, 0.2) is 65.1 Å². The maximum atomic E-state index is 13.8. The van der Waals surface area contributed by atoms with E-state index in [0.717, 1.165) is 32.5 Å². The zero-order valence-corrected chi connectivity index (χ0v) is 22.5. The Labute approximate surface area is 236 Å². The van der Waals surface area contributed by atoms with E-state index < -0.39 is 52.0 Å². The number of ketones is 2. The van der Waals surface area contributed by atoms with Gasteiger partial charge in [0.2, 0.25) is 5.78 Å². The number of primary amides is 1. The third-order valence-electron chi connectivity index (χ3n) is 9.13. The van der Waals surface area contributed by atoms with E-state index in [-0.39, 0.29) is 35.8 Å². The molecule has 0 saturated carbocycles. The molecular weight excluding hydrogens is 526 g/mol. The minimum Gasteiger partial charge on any atom is -0.511 e. The largest absolute Gasteiger partial charge is 0.511 e. The van der Waals surface area contributed by atoms with Crippen molar-refractivity contribution >= 4 is 23.2 Å². The van der Waals surface area contributed by atoms with Gasteiger partial charge in [-0.25, -0.2) is 0 Å². The van der Waals surface area contributed by atoms with Crippen molar-refractivity contribution in [2.24, 2.45) is 17.6 Å². The fourth-order valence-corrected chi connectivity index (χ4v) is 7.01. The molecule has 2 aromatic rings. The zero-order chi connectivity index (χ0) is 29.1. The second kappa shape index (κ2) is 10.0. The summed E-state index contributed by atoms with van der Waals surface area (Å²) in [6, 6.07) is 13.9. The van der Waals surface area contributed by atoms with Gasteiger partial charge in [-0.15, -0.1) is 0 Å². The number of carbonyl (C=O) groups is 3. The van der Waals surface area contributed by atoms with Crippen LogP contribution in [0.4, 0.5) is 5.69 Å². The molecule has 3 aliphatic carbocycles. The van der Waals surface area contributed by atoms with Crippen molar-refractivity contribution in [1.82, 2.24) is 4.90 Å². The molecule has 7 N–H and O–H groups in total. The number of Topliss-reactive ketones (excluding diaryl/α,β-unsaturated/α-hetero) is 2. The summed E-state index contributed by atoms with van der Waals surface area (Å²) in [5.41, 5.74) is 4.05. The average molecular weight is 560 g/mol. The van der Waals surface area contributed by atoms with Gasteiger partial charge in [0.1, 0.15) is 22.8 Å². The molecule has 10 nitrogen and oxygen atoms in total. The molecule has 0 aromatic heterocycles. The summed E-state index contributed by atoms with van der Waals surface area (Å²) in [6.45, 7) is 2.63. The number of likely N-dealkylation sites (tertiary alicyclic amines) is 1. The van der Waals surface area contributed by atoms with Crippen LogP contribution in [0.3, 0.4) is 0 Å². The number of nitrogens with two attached hydrogens (primary N) is 1. The second-order valence-electron chi connectivity index (χ2n) is 11.6. The third-order valence-corrected chi connectivity index (χ3v) is 9.13. The molecule has 10 heteroatoms. The van der Waals surface area contributed by atoms with Crippen LogP contribution in [0.1, 0.15) is 47.2 Å². The summed E-state index contributed by atoms with van der Waals surface area (Å²) >= 11 is 0. The average Bonchev–Trinajstić information content (AvgIpc) is 2.93. The van der Waals surface area contributed by atoms with E-state index in [4.69, 9.17) is 5.73 Å². The quantitative estimate of drug-likeness (QED) is 0.238. The number of aliphatic hydroxyl groups is 3. The Bertz CT molecular complexity index is 1510. The van der Waals surface area contributed by atoms with Crippen LogP contribution >= 0.6 is 0 Å². The standard InChI is InChI=1S/C31H33N3O7/c32-30(40)25-22(35)14-19-13-18-12-17-6-7-21(26(36)23(17)27(37)24(18)28(38)31(19,41)29(25)39)33-20-8-10-34(11-9-20)15-16-4-2-1-3-5-16/h1-7,18-20,33,35-36,38,41H,8-15H2,(H2,32,40)/t18-,19-,31-/m0/s1. The summed E-state index contributed by atoms with van der Waals surface area (Å²) in [7, 11) is 0. The van der Waals surface area contributed by atoms with Crippen molar-refractivity contribution in [2.45, 2.75) is 50.3 Å². The Morgan fingerprint density at radius 2 is 1.73 bits per heavy atom. The van der Waals surface area contributed by atoms with E-state index >= 15 is 0 Å². The molecule has 1 aliphatic heterocycles. The number of phenolic OH excluding ortho intramolecular Hbond substituents is 1. The fraction of sp³-hybridized carbons (Fsp3) is 0.387. The predicted octanol–water partition coefficient (Wildman–Crippen LogP) is 2.66. The number of nitrogens with one attached hydrogen (secondary N) is 1. The maximum absolute atomic E-state index is 13.8. The first-order valence-corrected chi connectivity index (χ1v) is 13.9. The number of anilines is 1. The van der Waals surface area contributed by atoms with Crippen molar-refractivity contribution in [3.8, 4) is 5.75 Å². The Morgan fingerprint density at radius 3 is 2.41 bits per heavy atom. The van der Waals surface area contributed by atoms with Gasteiger partial charge in [-0.2, -0.15) is 0 Å². The summed E-state index contributed by atoms with van der Waals surface area (Å²) in [5, 5.41) is 47.5. The number of phenols is 1. The fourth-order valence-electron chi connectivity index (χ4n) is 7.01. The smallest absolute Gasteiger partial charge is 0.255 e. The van der Waals surface area contributed by atoms with Gasteiger partial charge < -0.3 is 31.5 Å². The van der Waals surface area contributed by atoms with Crippen LogP contribution in [0.25, 0.3) is 0 Å². The highest BCUT2D eigenvalue weighted by Gasteiger charge is 2.59. The number of fused-ring (bicyclic) bond motifs is 3. The molecule has 2 aromatic carbocycles. The number of aromatic hydroxyl groups is 1. The van der Waals surface area contributed by atoms with Gasteiger partial charge >= 0.3 is 0 Å².